The maximum atomic E-state index is 11.6. The monoisotopic (exact) mass is 212 g/mol. The van der Waals surface area contributed by atoms with Crippen molar-refractivity contribution in [1.29, 1.82) is 0 Å². The highest BCUT2D eigenvalue weighted by atomic mass is 16.5. The predicted octanol–water partition coefficient (Wildman–Crippen LogP) is 0.233. The van der Waals surface area contributed by atoms with Crippen molar-refractivity contribution >= 4 is 5.91 Å². The van der Waals surface area contributed by atoms with Crippen LogP contribution in [0.3, 0.4) is 0 Å². The third-order valence-electron chi connectivity index (χ3n) is 2.98. The smallest absolute Gasteiger partial charge is 0.234 e. The van der Waals surface area contributed by atoms with Gasteiger partial charge in [0.2, 0.25) is 5.91 Å². The number of amides is 1. The number of hydrogen-bond acceptors (Lipinski definition) is 3. The summed E-state index contributed by atoms with van der Waals surface area (Å²) in [6, 6.07) is 0. The maximum Gasteiger partial charge on any atom is 0.234 e. The van der Waals surface area contributed by atoms with Gasteiger partial charge >= 0.3 is 0 Å². The molecule has 1 aliphatic heterocycles. The Morgan fingerprint density at radius 3 is 3.00 bits per heavy atom. The quantitative estimate of drug-likeness (QED) is 0.725. The standard InChI is InChI=1S/C11H20N2O2/c1-9-7-13(4-5-15-9)8-11(14)12-6-10-2-3-10/h9-10H,2-8H2,1H3,(H,12,14). The summed E-state index contributed by atoms with van der Waals surface area (Å²) in [5.74, 6) is 0.925. The van der Waals surface area contributed by atoms with Gasteiger partial charge in [0.05, 0.1) is 19.3 Å². The first-order valence-corrected chi connectivity index (χ1v) is 5.84. The van der Waals surface area contributed by atoms with Crippen molar-refractivity contribution < 1.29 is 9.53 Å². The van der Waals surface area contributed by atoms with E-state index in [2.05, 4.69) is 10.2 Å². The zero-order valence-electron chi connectivity index (χ0n) is 9.37. The minimum Gasteiger partial charge on any atom is -0.376 e. The topological polar surface area (TPSA) is 41.6 Å². The lowest BCUT2D eigenvalue weighted by Gasteiger charge is -2.30. The molecule has 0 bridgehead atoms. The fourth-order valence-electron chi connectivity index (χ4n) is 1.87. The molecule has 1 aliphatic carbocycles. The fraction of sp³-hybridized carbons (Fsp3) is 0.909. The van der Waals surface area contributed by atoms with E-state index in [1.807, 2.05) is 6.92 Å². The van der Waals surface area contributed by atoms with Gasteiger partial charge in [-0.25, -0.2) is 0 Å². The Kier molecular flexibility index (Phi) is 3.59. The molecular weight excluding hydrogens is 192 g/mol. The van der Waals surface area contributed by atoms with E-state index in [0.29, 0.717) is 6.54 Å². The van der Waals surface area contributed by atoms with Crippen LogP contribution in [0.25, 0.3) is 0 Å². The summed E-state index contributed by atoms with van der Waals surface area (Å²) in [7, 11) is 0. The minimum absolute atomic E-state index is 0.163. The van der Waals surface area contributed by atoms with Gasteiger partial charge in [-0.2, -0.15) is 0 Å². The van der Waals surface area contributed by atoms with Crippen LogP contribution in [0.1, 0.15) is 19.8 Å². The molecule has 4 heteroatoms. The lowest BCUT2D eigenvalue weighted by Crippen LogP contribution is -2.46. The third kappa shape index (κ3) is 3.80. The van der Waals surface area contributed by atoms with Gasteiger partial charge in [-0.1, -0.05) is 0 Å². The first-order valence-electron chi connectivity index (χ1n) is 5.84. The number of rotatable bonds is 4. The van der Waals surface area contributed by atoms with Crippen LogP contribution >= 0.6 is 0 Å². The zero-order valence-corrected chi connectivity index (χ0v) is 9.37. The van der Waals surface area contributed by atoms with Crippen LogP contribution in [0, 0.1) is 5.92 Å². The molecule has 1 atom stereocenters. The number of morpholine rings is 1. The molecule has 1 amide bonds. The number of carbonyl (C=O) groups excluding carboxylic acids is 1. The second-order valence-electron chi connectivity index (χ2n) is 4.66. The molecule has 0 aromatic heterocycles. The molecule has 2 rings (SSSR count). The van der Waals surface area contributed by atoms with Crippen molar-refractivity contribution in [3.8, 4) is 0 Å². The lowest BCUT2D eigenvalue weighted by atomic mass is 10.3. The van der Waals surface area contributed by atoms with E-state index in [-0.39, 0.29) is 12.0 Å². The van der Waals surface area contributed by atoms with Crippen LogP contribution in [-0.4, -0.2) is 49.7 Å². The van der Waals surface area contributed by atoms with E-state index in [4.69, 9.17) is 4.74 Å². The summed E-state index contributed by atoms with van der Waals surface area (Å²) in [5, 5.41) is 2.99. The van der Waals surface area contributed by atoms with E-state index < -0.39 is 0 Å². The van der Waals surface area contributed by atoms with Crippen molar-refractivity contribution in [1.82, 2.24) is 10.2 Å². The molecule has 1 N–H and O–H groups in total. The Hall–Kier alpha value is -0.610. The Labute approximate surface area is 91.0 Å². The van der Waals surface area contributed by atoms with Gasteiger partial charge in [0.15, 0.2) is 0 Å². The number of hydrogen-bond donors (Lipinski definition) is 1. The largest absolute Gasteiger partial charge is 0.376 e. The number of nitrogens with one attached hydrogen (secondary N) is 1. The maximum absolute atomic E-state index is 11.6. The van der Waals surface area contributed by atoms with Gasteiger partial charge in [-0.05, 0) is 25.7 Å². The molecule has 1 unspecified atom stereocenters. The minimum atomic E-state index is 0.163. The van der Waals surface area contributed by atoms with Gasteiger partial charge in [-0.3, -0.25) is 9.69 Å². The van der Waals surface area contributed by atoms with Crippen LogP contribution < -0.4 is 5.32 Å². The summed E-state index contributed by atoms with van der Waals surface area (Å²) in [6.45, 7) is 5.95. The van der Waals surface area contributed by atoms with Crippen molar-refractivity contribution in [2.45, 2.75) is 25.9 Å². The lowest BCUT2D eigenvalue weighted by molar-refractivity contribution is -0.124. The SMILES string of the molecule is CC1CN(CC(=O)NCC2CC2)CCO1. The van der Waals surface area contributed by atoms with Gasteiger partial charge in [-0.15, -0.1) is 0 Å². The molecule has 2 fully saturated rings. The Morgan fingerprint density at radius 2 is 2.33 bits per heavy atom. The van der Waals surface area contributed by atoms with Crippen LogP contribution in [0.15, 0.2) is 0 Å². The van der Waals surface area contributed by atoms with Gasteiger partial charge in [0, 0.05) is 19.6 Å². The number of ether oxygens (including phenoxy) is 1. The fourth-order valence-corrected chi connectivity index (χ4v) is 1.87. The van der Waals surface area contributed by atoms with Crippen molar-refractivity contribution in [3.05, 3.63) is 0 Å². The van der Waals surface area contributed by atoms with Gasteiger partial charge in [0.1, 0.15) is 0 Å². The Balaban J connectivity index is 1.63. The Bertz CT molecular complexity index is 229. The summed E-state index contributed by atoms with van der Waals surface area (Å²) in [4.78, 5) is 13.7. The van der Waals surface area contributed by atoms with Crippen LogP contribution in [-0.2, 0) is 9.53 Å². The second kappa shape index (κ2) is 4.94. The van der Waals surface area contributed by atoms with E-state index in [1.165, 1.54) is 12.8 Å². The van der Waals surface area contributed by atoms with Crippen LogP contribution in [0.4, 0.5) is 0 Å². The van der Waals surface area contributed by atoms with E-state index in [0.717, 1.165) is 32.2 Å². The molecule has 0 spiro atoms. The molecule has 0 radical (unpaired) electrons. The molecular formula is C11H20N2O2. The molecule has 4 nitrogen and oxygen atoms in total. The molecule has 1 heterocycles. The highest BCUT2D eigenvalue weighted by Gasteiger charge is 2.23. The highest BCUT2D eigenvalue weighted by Crippen LogP contribution is 2.27. The van der Waals surface area contributed by atoms with Gasteiger partial charge in [0.25, 0.3) is 0 Å². The van der Waals surface area contributed by atoms with Crippen LogP contribution in [0.5, 0.6) is 0 Å². The molecule has 15 heavy (non-hydrogen) atoms. The first-order chi connectivity index (χ1) is 7.24. The summed E-state index contributed by atoms with van der Waals surface area (Å²) in [6.07, 6.45) is 2.83. The first kappa shape index (κ1) is 10.9. The van der Waals surface area contributed by atoms with Crippen molar-refractivity contribution in [2.24, 2.45) is 5.92 Å². The van der Waals surface area contributed by atoms with E-state index in [9.17, 15) is 4.79 Å². The van der Waals surface area contributed by atoms with Crippen LogP contribution in [0.2, 0.25) is 0 Å². The molecule has 1 saturated heterocycles. The molecule has 0 aromatic rings. The normalized spacial score (nSPS) is 27.7. The summed E-state index contributed by atoms with van der Waals surface area (Å²) in [5.41, 5.74) is 0. The number of carbonyl (C=O) groups is 1. The molecule has 2 aliphatic rings. The van der Waals surface area contributed by atoms with Crippen molar-refractivity contribution in [3.63, 3.8) is 0 Å². The molecule has 1 saturated carbocycles. The average molecular weight is 212 g/mol. The van der Waals surface area contributed by atoms with Gasteiger partial charge < -0.3 is 10.1 Å². The van der Waals surface area contributed by atoms with E-state index in [1.54, 1.807) is 0 Å². The third-order valence-corrected chi connectivity index (χ3v) is 2.98. The molecule has 0 aromatic carbocycles. The zero-order chi connectivity index (χ0) is 10.7. The second-order valence-corrected chi connectivity index (χ2v) is 4.66. The average Bonchev–Trinajstić information content (AvgIpc) is 2.98. The van der Waals surface area contributed by atoms with E-state index >= 15 is 0 Å². The van der Waals surface area contributed by atoms with Crippen molar-refractivity contribution in [2.75, 3.05) is 32.8 Å². The summed E-state index contributed by atoms with van der Waals surface area (Å²) >= 11 is 0. The Morgan fingerprint density at radius 1 is 1.53 bits per heavy atom. The molecule has 86 valence electrons. The number of nitrogens with zero attached hydrogens (tertiary/aromatic N) is 1. The summed E-state index contributed by atoms with van der Waals surface area (Å²) < 4.78 is 5.42. The highest BCUT2D eigenvalue weighted by molar-refractivity contribution is 5.78. The predicted molar refractivity (Wildman–Crippen MR) is 57.6 cm³/mol.